The average Bonchev–Trinajstić information content (AvgIpc) is 2.99. The van der Waals surface area contributed by atoms with E-state index in [9.17, 15) is 9.90 Å². The molecule has 3 saturated carbocycles. The first-order valence-electron chi connectivity index (χ1n) is 6.71. The third-order valence-electron chi connectivity index (χ3n) is 5.88. The van der Waals surface area contributed by atoms with E-state index in [0.29, 0.717) is 29.7 Å². The van der Waals surface area contributed by atoms with Gasteiger partial charge < -0.3 is 9.84 Å². The van der Waals surface area contributed by atoms with Crippen molar-refractivity contribution in [1.29, 1.82) is 0 Å². The van der Waals surface area contributed by atoms with Crippen LogP contribution in [0.1, 0.15) is 33.1 Å². The van der Waals surface area contributed by atoms with E-state index in [1.165, 1.54) is 12.0 Å². The van der Waals surface area contributed by atoms with Crippen molar-refractivity contribution in [3.05, 3.63) is 23.3 Å². The predicted octanol–water partition coefficient (Wildman–Crippen LogP) is 2.17. The minimum atomic E-state index is -1.33. The molecule has 3 heteroatoms. The first-order chi connectivity index (χ1) is 8.37. The van der Waals surface area contributed by atoms with Crippen molar-refractivity contribution in [2.75, 3.05) is 0 Å². The molecule has 1 N–H and O–H groups in total. The molecule has 0 saturated heterocycles. The average molecular weight is 246 g/mol. The van der Waals surface area contributed by atoms with Gasteiger partial charge in [0.25, 0.3) is 0 Å². The lowest BCUT2D eigenvalue weighted by Gasteiger charge is -2.45. The molecular formula is C15H18O3. The SMILES string of the molecule is C=C1[C@H]2C[C@H]2[C@]2(C)CC3(O)OC(=O)C(C)=C3C[C@@H]12. The summed E-state index contributed by atoms with van der Waals surface area (Å²) in [6.07, 6.45) is 2.49. The summed E-state index contributed by atoms with van der Waals surface area (Å²) >= 11 is 0. The summed E-state index contributed by atoms with van der Waals surface area (Å²) in [7, 11) is 0. The summed E-state index contributed by atoms with van der Waals surface area (Å²) in [4.78, 5) is 11.7. The summed E-state index contributed by atoms with van der Waals surface area (Å²) in [5.74, 6) is 0.0266. The fourth-order valence-electron chi connectivity index (χ4n) is 4.78. The second-order valence-electron chi connectivity index (χ2n) is 6.74. The van der Waals surface area contributed by atoms with Gasteiger partial charge in [0, 0.05) is 17.6 Å². The van der Waals surface area contributed by atoms with Gasteiger partial charge in [0.05, 0.1) is 0 Å². The van der Waals surface area contributed by atoms with Gasteiger partial charge in [0.1, 0.15) is 0 Å². The van der Waals surface area contributed by atoms with Gasteiger partial charge in [0.2, 0.25) is 5.79 Å². The van der Waals surface area contributed by atoms with Crippen LogP contribution in [0.5, 0.6) is 0 Å². The van der Waals surface area contributed by atoms with Crippen LogP contribution in [-0.2, 0) is 9.53 Å². The zero-order valence-electron chi connectivity index (χ0n) is 10.8. The molecule has 4 aliphatic rings. The number of allylic oxidation sites excluding steroid dienone is 1. The minimum Gasteiger partial charge on any atom is -0.426 e. The van der Waals surface area contributed by atoms with Gasteiger partial charge in [-0.3, -0.25) is 0 Å². The van der Waals surface area contributed by atoms with E-state index < -0.39 is 5.79 Å². The first-order valence-corrected chi connectivity index (χ1v) is 6.71. The van der Waals surface area contributed by atoms with Crippen molar-refractivity contribution in [1.82, 2.24) is 0 Å². The molecule has 5 atom stereocenters. The molecule has 18 heavy (non-hydrogen) atoms. The van der Waals surface area contributed by atoms with Gasteiger partial charge >= 0.3 is 5.97 Å². The van der Waals surface area contributed by atoms with Gasteiger partial charge in [-0.1, -0.05) is 19.1 Å². The molecule has 1 heterocycles. The Morgan fingerprint density at radius 2 is 2.22 bits per heavy atom. The first kappa shape index (κ1) is 10.8. The number of hydrogen-bond donors (Lipinski definition) is 1. The largest absolute Gasteiger partial charge is 0.426 e. The van der Waals surface area contributed by atoms with Crippen molar-refractivity contribution in [3.63, 3.8) is 0 Å². The summed E-state index contributed by atoms with van der Waals surface area (Å²) in [5.41, 5.74) is 2.81. The van der Waals surface area contributed by atoms with Crippen LogP contribution < -0.4 is 0 Å². The second-order valence-corrected chi connectivity index (χ2v) is 6.74. The molecular weight excluding hydrogens is 228 g/mol. The van der Waals surface area contributed by atoms with Crippen molar-refractivity contribution in [3.8, 4) is 0 Å². The van der Waals surface area contributed by atoms with Crippen LogP contribution in [-0.4, -0.2) is 16.9 Å². The Bertz CT molecular complexity index is 532. The summed E-state index contributed by atoms with van der Waals surface area (Å²) in [5, 5.41) is 10.7. The number of aliphatic hydroxyl groups is 1. The van der Waals surface area contributed by atoms with Crippen molar-refractivity contribution >= 4 is 5.97 Å². The standard InChI is InChI=1S/C15H18O3/c1-7-9-4-12(9)14(3)6-15(17)11(5-10(7)14)8(2)13(16)18-15/h9-10,12,17H,1,4-6H2,2-3H3/t9-,10+,12-,14-,15?/m1/s1. The van der Waals surface area contributed by atoms with E-state index >= 15 is 0 Å². The number of hydrogen-bond acceptors (Lipinski definition) is 3. The topological polar surface area (TPSA) is 46.5 Å². The van der Waals surface area contributed by atoms with Gasteiger partial charge in [-0.15, -0.1) is 0 Å². The predicted molar refractivity (Wildman–Crippen MR) is 65.3 cm³/mol. The molecule has 3 nitrogen and oxygen atoms in total. The maximum atomic E-state index is 11.7. The number of esters is 1. The van der Waals surface area contributed by atoms with E-state index in [4.69, 9.17) is 4.74 Å². The van der Waals surface area contributed by atoms with Gasteiger partial charge in [0.15, 0.2) is 0 Å². The number of carbonyl (C=O) groups is 1. The number of carbonyl (C=O) groups excluding carboxylic acids is 1. The van der Waals surface area contributed by atoms with E-state index in [1.54, 1.807) is 6.92 Å². The molecule has 0 radical (unpaired) electrons. The zero-order chi connectivity index (χ0) is 12.9. The third kappa shape index (κ3) is 0.993. The van der Waals surface area contributed by atoms with Gasteiger partial charge in [-0.2, -0.15) is 0 Å². The zero-order valence-corrected chi connectivity index (χ0v) is 10.8. The third-order valence-corrected chi connectivity index (χ3v) is 5.88. The summed E-state index contributed by atoms with van der Waals surface area (Å²) < 4.78 is 5.25. The minimum absolute atomic E-state index is 0.0604. The lowest BCUT2D eigenvalue weighted by Crippen LogP contribution is -2.46. The van der Waals surface area contributed by atoms with Crippen molar-refractivity contribution in [2.24, 2.45) is 23.2 Å². The Labute approximate surface area is 107 Å². The van der Waals surface area contributed by atoms with Gasteiger partial charge in [-0.05, 0) is 42.9 Å². The van der Waals surface area contributed by atoms with Crippen molar-refractivity contribution < 1.29 is 14.6 Å². The lowest BCUT2D eigenvalue weighted by molar-refractivity contribution is -0.201. The molecule has 0 amide bonds. The highest BCUT2D eigenvalue weighted by Crippen LogP contribution is 2.73. The second kappa shape index (κ2) is 2.74. The van der Waals surface area contributed by atoms with E-state index in [1.807, 2.05) is 0 Å². The highest BCUT2D eigenvalue weighted by molar-refractivity contribution is 5.92. The monoisotopic (exact) mass is 246 g/mol. The normalized spacial score (nSPS) is 52.9. The van der Waals surface area contributed by atoms with Crippen molar-refractivity contribution in [2.45, 2.75) is 38.9 Å². The summed E-state index contributed by atoms with van der Waals surface area (Å²) in [6.45, 7) is 8.25. The fourth-order valence-corrected chi connectivity index (χ4v) is 4.78. The smallest absolute Gasteiger partial charge is 0.336 e. The molecule has 3 aliphatic carbocycles. The number of ether oxygens (including phenoxy) is 1. The van der Waals surface area contributed by atoms with E-state index in [0.717, 1.165) is 12.0 Å². The Balaban J connectivity index is 1.82. The van der Waals surface area contributed by atoms with Crippen LogP contribution in [0.4, 0.5) is 0 Å². The Morgan fingerprint density at radius 1 is 1.50 bits per heavy atom. The molecule has 0 aromatic rings. The Hall–Kier alpha value is -1.09. The van der Waals surface area contributed by atoms with E-state index in [2.05, 4.69) is 13.5 Å². The van der Waals surface area contributed by atoms with Crippen LogP contribution in [0.15, 0.2) is 23.3 Å². The molecule has 0 bridgehead atoms. The number of fused-ring (bicyclic) bond motifs is 4. The molecule has 4 rings (SSSR count). The van der Waals surface area contributed by atoms with Crippen LogP contribution in [0, 0.1) is 23.2 Å². The van der Waals surface area contributed by atoms with Gasteiger partial charge in [-0.25, -0.2) is 4.79 Å². The highest BCUT2D eigenvalue weighted by atomic mass is 16.7. The van der Waals surface area contributed by atoms with Crippen LogP contribution in [0.2, 0.25) is 0 Å². The number of rotatable bonds is 0. The molecule has 1 unspecified atom stereocenters. The fraction of sp³-hybridized carbons (Fsp3) is 0.667. The van der Waals surface area contributed by atoms with Crippen LogP contribution in [0.25, 0.3) is 0 Å². The molecule has 0 aromatic carbocycles. The molecule has 96 valence electrons. The molecule has 0 aromatic heterocycles. The summed E-state index contributed by atoms with van der Waals surface area (Å²) in [6, 6.07) is 0. The molecule has 0 spiro atoms. The maximum Gasteiger partial charge on any atom is 0.336 e. The lowest BCUT2D eigenvalue weighted by atomic mass is 9.62. The molecule has 1 aliphatic heterocycles. The van der Waals surface area contributed by atoms with Crippen LogP contribution >= 0.6 is 0 Å². The van der Waals surface area contributed by atoms with E-state index in [-0.39, 0.29) is 11.4 Å². The van der Waals surface area contributed by atoms with Crippen LogP contribution in [0.3, 0.4) is 0 Å². The quantitative estimate of drug-likeness (QED) is 0.526. The molecule has 3 fully saturated rings. The Morgan fingerprint density at radius 3 is 2.94 bits per heavy atom. The Kier molecular flexibility index (Phi) is 1.65. The highest BCUT2D eigenvalue weighted by Gasteiger charge is 2.68. The maximum absolute atomic E-state index is 11.7.